The van der Waals surface area contributed by atoms with Crippen LogP contribution in [-0.2, 0) is 14.8 Å². The van der Waals surface area contributed by atoms with E-state index in [1.165, 1.54) is 21.8 Å². The van der Waals surface area contributed by atoms with Crippen molar-refractivity contribution in [1.82, 2.24) is 9.21 Å². The van der Waals surface area contributed by atoms with Gasteiger partial charge >= 0.3 is 0 Å². The first-order chi connectivity index (χ1) is 12.3. The molecule has 146 valence electrons. The van der Waals surface area contributed by atoms with Gasteiger partial charge in [0, 0.05) is 38.4 Å². The molecule has 1 heterocycles. The van der Waals surface area contributed by atoms with Crippen molar-refractivity contribution in [3.05, 3.63) is 29.8 Å². The molecule has 26 heavy (non-hydrogen) atoms. The van der Waals surface area contributed by atoms with Crippen LogP contribution < -0.4 is 4.90 Å². The van der Waals surface area contributed by atoms with Gasteiger partial charge in [-0.25, -0.2) is 8.42 Å². The lowest BCUT2D eigenvalue weighted by atomic mass is 10.2. The highest BCUT2D eigenvalue weighted by atomic mass is 32.2. The third kappa shape index (κ3) is 5.99. The fraction of sp³-hybridized carbons (Fsp3) is 0.632. The van der Waals surface area contributed by atoms with Crippen LogP contribution in [0.15, 0.2) is 24.3 Å². The topological polar surface area (TPSA) is 60.9 Å². The molecule has 1 amide bonds. The highest BCUT2D eigenvalue weighted by molar-refractivity contribution is 7.88. The Hall–Kier alpha value is -1.60. The number of nitrogens with zero attached hydrogens (tertiary/aromatic N) is 3. The normalized spacial score (nSPS) is 15.5. The number of piperazine rings is 1. The van der Waals surface area contributed by atoms with E-state index in [4.69, 9.17) is 0 Å². The molecule has 0 aromatic heterocycles. The number of unbranched alkanes of at least 4 members (excludes halogenated alkanes) is 2. The summed E-state index contributed by atoms with van der Waals surface area (Å²) in [4.78, 5) is 16.6. The monoisotopic (exact) mass is 381 g/mol. The van der Waals surface area contributed by atoms with Crippen molar-refractivity contribution in [2.24, 2.45) is 0 Å². The van der Waals surface area contributed by atoms with E-state index in [0.29, 0.717) is 19.6 Å². The number of carbonyl (C=O) groups excluding carboxylic acids is 1. The largest absolute Gasteiger partial charge is 0.368 e. The quantitative estimate of drug-likeness (QED) is 0.647. The lowest BCUT2D eigenvalue weighted by Gasteiger charge is -2.37. The van der Waals surface area contributed by atoms with Crippen molar-refractivity contribution in [2.75, 3.05) is 50.4 Å². The summed E-state index contributed by atoms with van der Waals surface area (Å²) in [6.45, 7) is 7.30. The smallest absolute Gasteiger partial charge is 0.238 e. The van der Waals surface area contributed by atoms with Gasteiger partial charge in [0.1, 0.15) is 0 Å². The summed E-state index contributed by atoms with van der Waals surface area (Å²) in [5.41, 5.74) is 2.39. The van der Waals surface area contributed by atoms with Crippen molar-refractivity contribution in [3.63, 3.8) is 0 Å². The first-order valence-corrected chi connectivity index (χ1v) is 11.2. The molecule has 1 aliphatic heterocycles. The van der Waals surface area contributed by atoms with E-state index in [2.05, 4.69) is 36.9 Å². The first kappa shape index (κ1) is 20.7. The molecule has 2 rings (SSSR count). The van der Waals surface area contributed by atoms with E-state index in [9.17, 15) is 13.2 Å². The molecular formula is C19H31N3O3S. The Bertz CT molecular complexity index is 698. The van der Waals surface area contributed by atoms with Crippen LogP contribution in [0.25, 0.3) is 0 Å². The fourth-order valence-electron chi connectivity index (χ4n) is 3.19. The van der Waals surface area contributed by atoms with Crippen molar-refractivity contribution < 1.29 is 13.2 Å². The highest BCUT2D eigenvalue weighted by Crippen LogP contribution is 2.18. The van der Waals surface area contributed by atoms with Crippen LogP contribution in [0.2, 0.25) is 0 Å². The Morgan fingerprint density at radius 1 is 1.15 bits per heavy atom. The molecule has 0 aliphatic carbocycles. The Kier molecular flexibility index (Phi) is 7.46. The van der Waals surface area contributed by atoms with E-state index in [-0.39, 0.29) is 12.5 Å². The molecule has 1 aliphatic rings. The molecule has 1 aromatic carbocycles. The Balaban J connectivity index is 1.90. The predicted molar refractivity (Wildman–Crippen MR) is 106 cm³/mol. The molecule has 0 saturated carbocycles. The molecule has 0 unspecified atom stereocenters. The third-order valence-corrected chi connectivity index (χ3v) is 6.04. The zero-order valence-corrected chi connectivity index (χ0v) is 17.0. The van der Waals surface area contributed by atoms with Crippen LogP contribution >= 0.6 is 0 Å². The number of carbonyl (C=O) groups is 1. The summed E-state index contributed by atoms with van der Waals surface area (Å²) in [6.07, 6.45) is 3.96. The van der Waals surface area contributed by atoms with Crippen molar-refractivity contribution in [3.8, 4) is 0 Å². The minimum absolute atomic E-state index is 0.0486. The minimum Gasteiger partial charge on any atom is -0.368 e. The average molecular weight is 382 g/mol. The van der Waals surface area contributed by atoms with Gasteiger partial charge in [-0.3, -0.25) is 4.79 Å². The van der Waals surface area contributed by atoms with E-state index in [1.807, 2.05) is 6.07 Å². The number of aryl methyl sites for hydroxylation is 1. The maximum absolute atomic E-state index is 12.6. The van der Waals surface area contributed by atoms with E-state index in [1.54, 1.807) is 4.90 Å². The molecule has 1 aromatic rings. The third-order valence-electron chi connectivity index (χ3n) is 4.79. The number of benzene rings is 1. The maximum Gasteiger partial charge on any atom is 0.238 e. The highest BCUT2D eigenvalue weighted by Gasteiger charge is 2.26. The lowest BCUT2D eigenvalue weighted by molar-refractivity contribution is -0.131. The van der Waals surface area contributed by atoms with Gasteiger partial charge in [0.25, 0.3) is 0 Å². The summed E-state index contributed by atoms with van der Waals surface area (Å²) in [5, 5.41) is 0. The second-order valence-electron chi connectivity index (χ2n) is 7.01. The molecular weight excluding hydrogens is 350 g/mol. The zero-order valence-electron chi connectivity index (χ0n) is 16.1. The minimum atomic E-state index is -3.36. The van der Waals surface area contributed by atoms with Gasteiger partial charge in [0.15, 0.2) is 0 Å². The van der Waals surface area contributed by atoms with Gasteiger partial charge < -0.3 is 9.80 Å². The maximum atomic E-state index is 12.6. The van der Waals surface area contributed by atoms with Gasteiger partial charge in [-0.2, -0.15) is 4.31 Å². The summed E-state index contributed by atoms with van der Waals surface area (Å²) >= 11 is 0. The SMILES string of the molecule is CCCCCN(CC(=O)N1CCN(c2cccc(C)c2)CC1)S(C)(=O)=O. The summed E-state index contributed by atoms with van der Waals surface area (Å²) < 4.78 is 25.2. The van der Waals surface area contributed by atoms with Crippen LogP contribution in [0.1, 0.15) is 31.7 Å². The van der Waals surface area contributed by atoms with Crippen LogP contribution in [0.4, 0.5) is 5.69 Å². The standard InChI is InChI=1S/C19H31N3O3S/c1-4-5-6-10-22(26(3,24)25)16-19(23)21-13-11-20(12-14-21)18-9-7-8-17(2)15-18/h7-9,15H,4-6,10-14,16H2,1-3H3. The molecule has 1 saturated heterocycles. The fourth-order valence-corrected chi connectivity index (χ4v) is 4.00. The summed E-state index contributed by atoms with van der Waals surface area (Å²) in [7, 11) is -3.36. The second kappa shape index (κ2) is 9.37. The first-order valence-electron chi connectivity index (χ1n) is 9.35. The van der Waals surface area contributed by atoms with Gasteiger partial charge in [-0.05, 0) is 31.0 Å². The lowest BCUT2D eigenvalue weighted by Crippen LogP contribution is -2.51. The van der Waals surface area contributed by atoms with Crippen LogP contribution in [0.5, 0.6) is 0 Å². The van der Waals surface area contributed by atoms with E-state index in [0.717, 1.165) is 32.4 Å². The number of sulfonamides is 1. The van der Waals surface area contributed by atoms with Gasteiger partial charge in [-0.15, -0.1) is 0 Å². The average Bonchev–Trinajstić information content (AvgIpc) is 2.60. The van der Waals surface area contributed by atoms with Crippen LogP contribution in [0.3, 0.4) is 0 Å². The number of rotatable bonds is 8. The molecule has 0 atom stereocenters. The summed E-state index contributed by atoms with van der Waals surface area (Å²) in [5.74, 6) is -0.101. The molecule has 0 spiro atoms. The summed E-state index contributed by atoms with van der Waals surface area (Å²) in [6, 6.07) is 8.35. The second-order valence-corrected chi connectivity index (χ2v) is 8.99. The Morgan fingerprint density at radius 2 is 1.85 bits per heavy atom. The number of hydrogen-bond donors (Lipinski definition) is 0. The Labute approximate surface area is 157 Å². The number of hydrogen-bond acceptors (Lipinski definition) is 4. The molecule has 7 heteroatoms. The molecule has 0 bridgehead atoms. The molecule has 0 radical (unpaired) electrons. The van der Waals surface area contributed by atoms with Crippen LogP contribution in [0, 0.1) is 6.92 Å². The van der Waals surface area contributed by atoms with Crippen molar-refractivity contribution in [1.29, 1.82) is 0 Å². The molecule has 1 fully saturated rings. The van der Waals surface area contributed by atoms with Gasteiger partial charge in [-0.1, -0.05) is 31.9 Å². The van der Waals surface area contributed by atoms with Gasteiger partial charge in [0.05, 0.1) is 12.8 Å². The van der Waals surface area contributed by atoms with E-state index >= 15 is 0 Å². The van der Waals surface area contributed by atoms with Crippen LogP contribution in [-0.4, -0.2) is 69.1 Å². The van der Waals surface area contributed by atoms with Crippen molar-refractivity contribution >= 4 is 21.6 Å². The number of anilines is 1. The van der Waals surface area contributed by atoms with E-state index < -0.39 is 10.0 Å². The zero-order chi connectivity index (χ0) is 19.2. The Morgan fingerprint density at radius 3 is 2.42 bits per heavy atom. The molecule has 0 N–H and O–H groups in total. The predicted octanol–water partition coefficient (Wildman–Crippen LogP) is 2.10. The molecule has 6 nitrogen and oxygen atoms in total. The van der Waals surface area contributed by atoms with Gasteiger partial charge in [0.2, 0.25) is 15.9 Å². The number of amides is 1. The van der Waals surface area contributed by atoms with Crippen molar-refractivity contribution in [2.45, 2.75) is 33.1 Å².